The lowest BCUT2D eigenvalue weighted by Crippen LogP contribution is -2.56. The number of piperidine rings is 1. The zero-order chi connectivity index (χ0) is 21.7. The van der Waals surface area contributed by atoms with Crippen molar-refractivity contribution in [2.24, 2.45) is 28.1 Å². The van der Waals surface area contributed by atoms with Crippen LogP contribution in [0.2, 0.25) is 0 Å². The Kier molecular flexibility index (Phi) is 5.29. The number of halogens is 1. The third-order valence-corrected chi connectivity index (χ3v) is 8.54. The van der Waals surface area contributed by atoms with Crippen molar-refractivity contribution in [2.75, 3.05) is 26.3 Å². The minimum absolute atomic E-state index is 0.0274. The highest BCUT2D eigenvalue weighted by molar-refractivity contribution is 6.03. The van der Waals surface area contributed by atoms with Crippen LogP contribution in [0.3, 0.4) is 0 Å². The van der Waals surface area contributed by atoms with Crippen LogP contribution < -0.4 is 0 Å². The van der Waals surface area contributed by atoms with Gasteiger partial charge in [-0.3, -0.25) is 9.18 Å². The molecule has 4 aliphatic rings. The molecule has 0 aromatic rings. The Morgan fingerprint density at radius 2 is 1.90 bits per heavy atom. The van der Waals surface area contributed by atoms with Gasteiger partial charge in [-0.2, -0.15) is 0 Å². The smallest absolute Gasteiger partial charge is 0.226 e. The summed E-state index contributed by atoms with van der Waals surface area (Å²) in [5, 5.41) is 0. The number of fused-ring (bicyclic) bond motifs is 3. The maximum Gasteiger partial charge on any atom is 0.226 e. The van der Waals surface area contributed by atoms with E-state index in [2.05, 4.69) is 9.74 Å². The molecule has 3 aliphatic carbocycles. The molecule has 0 bridgehead atoms. The van der Waals surface area contributed by atoms with E-state index in [-0.39, 0.29) is 29.1 Å². The van der Waals surface area contributed by atoms with E-state index >= 15 is 0 Å². The summed E-state index contributed by atoms with van der Waals surface area (Å²) < 4.78 is 14.7. The minimum Gasteiger partial charge on any atom is -0.307 e. The van der Waals surface area contributed by atoms with Gasteiger partial charge in [-0.25, -0.2) is 4.85 Å². The Hall–Kier alpha value is -1.80. The van der Waals surface area contributed by atoms with Gasteiger partial charge in [0.05, 0.1) is 13.2 Å². The second-order valence-electron chi connectivity index (χ2n) is 10.7. The summed E-state index contributed by atoms with van der Waals surface area (Å²) in [4.78, 5) is 31.9. The fourth-order valence-corrected chi connectivity index (χ4v) is 6.98. The van der Waals surface area contributed by atoms with Crippen LogP contribution in [-0.4, -0.2) is 42.8 Å². The first-order chi connectivity index (χ1) is 14.2. The predicted molar refractivity (Wildman–Crippen MR) is 114 cm³/mol. The maximum absolute atomic E-state index is 14.7. The molecule has 1 saturated heterocycles. The van der Waals surface area contributed by atoms with Gasteiger partial charge in [0.25, 0.3) is 0 Å². The van der Waals surface area contributed by atoms with Gasteiger partial charge in [0.2, 0.25) is 5.70 Å². The Bertz CT molecular complexity index is 861. The van der Waals surface area contributed by atoms with Crippen molar-refractivity contribution in [3.8, 4) is 0 Å². The van der Waals surface area contributed by atoms with Crippen LogP contribution in [0.1, 0.15) is 59.3 Å². The van der Waals surface area contributed by atoms with Gasteiger partial charge in [-0.1, -0.05) is 33.3 Å². The minimum atomic E-state index is -0.694. The normalized spacial score (nSPS) is 38.8. The summed E-state index contributed by atoms with van der Waals surface area (Å²) >= 11 is 0. The van der Waals surface area contributed by atoms with Gasteiger partial charge in [0.15, 0.2) is 11.6 Å². The Labute approximate surface area is 179 Å². The third-order valence-electron chi connectivity index (χ3n) is 8.54. The van der Waals surface area contributed by atoms with Gasteiger partial charge >= 0.3 is 0 Å². The van der Waals surface area contributed by atoms with E-state index in [1.54, 1.807) is 12.2 Å². The quantitative estimate of drug-likeness (QED) is 0.627. The van der Waals surface area contributed by atoms with E-state index in [1.807, 2.05) is 20.8 Å². The van der Waals surface area contributed by atoms with Crippen molar-refractivity contribution in [1.82, 2.24) is 4.90 Å². The first-order valence-electron chi connectivity index (χ1n) is 11.4. The molecule has 162 valence electrons. The summed E-state index contributed by atoms with van der Waals surface area (Å²) in [7, 11) is 0. The van der Waals surface area contributed by atoms with Gasteiger partial charge in [0.1, 0.15) is 0 Å². The van der Waals surface area contributed by atoms with Crippen molar-refractivity contribution in [1.29, 1.82) is 0 Å². The molecule has 0 radical (unpaired) electrons. The van der Waals surface area contributed by atoms with Crippen LogP contribution in [0.15, 0.2) is 23.4 Å². The van der Waals surface area contributed by atoms with Gasteiger partial charge < -0.3 is 9.69 Å². The summed E-state index contributed by atoms with van der Waals surface area (Å²) in [5.41, 5.74) is -1.01. The second kappa shape index (κ2) is 7.41. The molecule has 4 nitrogen and oxygen atoms in total. The molecule has 1 aliphatic heterocycles. The fraction of sp³-hybridized carbons (Fsp3) is 0.720. The van der Waals surface area contributed by atoms with Gasteiger partial charge in [-0.15, -0.1) is 0 Å². The Morgan fingerprint density at radius 1 is 1.20 bits per heavy atom. The Balaban J connectivity index is 1.74. The standard InChI is InChI=1S/C25H33FN2O2/c1-23(2)20-8-9-25(16-26)13-17(15-28-10-6-5-7-11-28)19(29)12-21(25)24(20,3)14-18(27-4)22(23)30/h12,14,17,20H,5-11,13,15-16H2,1-3H3/t17-,20-,24-,25-/m0/s1. The lowest BCUT2D eigenvalue weighted by Gasteiger charge is -2.59. The number of rotatable bonds is 3. The van der Waals surface area contributed by atoms with E-state index in [9.17, 15) is 14.0 Å². The molecule has 4 rings (SSSR count). The number of hydrogen-bond acceptors (Lipinski definition) is 3. The second-order valence-corrected chi connectivity index (χ2v) is 10.7. The molecule has 2 fully saturated rings. The molecule has 0 aromatic carbocycles. The molecular formula is C25H33FN2O2. The molecule has 0 unspecified atom stereocenters. The average Bonchev–Trinajstić information content (AvgIpc) is 2.73. The van der Waals surface area contributed by atoms with E-state index in [4.69, 9.17) is 6.57 Å². The van der Waals surface area contributed by atoms with E-state index in [0.29, 0.717) is 12.8 Å². The number of Topliss-reactive ketones (excluding diaryl/α,β-unsaturated/α-hetero) is 1. The fourth-order valence-electron chi connectivity index (χ4n) is 6.98. The third kappa shape index (κ3) is 3.11. The molecule has 0 spiro atoms. The molecule has 0 aromatic heterocycles. The zero-order valence-corrected chi connectivity index (χ0v) is 18.5. The van der Waals surface area contributed by atoms with Crippen LogP contribution in [0.5, 0.6) is 0 Å². The van der Waals surface area contributed by atoms with Crippen LogP contribution in [-0.2, 0) is 9.59 Å². The summed E-state index contributed by atoms with van der Waals surface area (Å²) in [5.74, 6) is -0.224. The molecule has 5 heteroatoms. The lowest BCUT2D eigenvalue weighted by molar-refractivity contribution is -0.131. The number of carbonyl (C=O) groups is 2. The molecule has 0 N–H and O–H groups in total. The SMILES string of the molecule is [C-]#[N+]C1=C[C@]2(C)C3=CC(=O)[C@H](CN4CCCCC4)C[C@]3(CF)CC[C@H]2C(C)(C)C1=O. The topological polar surface area (TPSA) is 41.7 Å². The highest BCUT2D eigenvalue weighted by atomic mass is 19.1. The van der Waals surface area contributed by atoms with Crippen molar-refractivity contribution in [2.45, 2.75) is 59.3 Å². The molecule has 4 atom stereocenters. The summed E-state index contributed by atoms with van der Waals surface area (Å²) in [6.07, 6.45) is 9.01. The summed E-state index contributed by atoms with van der Waals surface area (Å²) in [6, 6.07) is 0. The van der Waals surface area contributed by atoms with Crippen molar-refractivity contribution < 1.29 is 14.0 Å². The van der Waals surface area contributed by atoms with Crippen molar-refractivity contribution in [3.63, 3.8) is 0 Å². The van der Waals surface area contributed by atoms with Gasteiger partial charge in [0, 0.05) is 28.7 Å². The number of alkyl halides is 1. The predicted octanol–water partition coefficient (Wildman–Crippen LogP) is 4.77. The highest BCUT2D eigenvalue weighted by Gasteiger charge is 2.60. The molecular weight excluding hydrogens is 379 g/mol. The van der Waals surface area contributed by atoms with E-state index in [0.717, 1.165) is 31.6 Å². The molecule has 30 heavy (non-hydrogen) atoms. The number of carbonyl (C=O) groups excluding carboxylic acids is 2. The highest BCUT2D eigenvalue weighted by Crippen LogP contribution is 2.64. The maximum atomic E-state index is 14.7. The zero-order valence-electron chi connectivity index (χ0n) is 18.5. The van der Waals surface area contributed by atoms with E-state index in [1.165, 1.54) is 19.3 Å². The number of allylic oxidation sites excluding steroid dienone is 4. The lowest BCUT2D eigenvalue weighted by atomic mass is 9.44. The van der Waals surface area contributed by atoms with Crippen LogP contribution in [0.4, 0.5) is 4.39 Å². The van der Waals surface area contributed by atoms with Crippen LogP contribution in [0.25, 0.3) is 4.85 Å². The molecule has 1 heterocycles. The number of hydrogen-bond donors (Lipinski definition) is 0. The average molecular weight is 413 g/mol. The molecule has 1 saturated carbocycles. The summed E-state index contributed by atoms with van der Waals surface area (Å²) in [6.45, 7) is 15.6. The first kappa shape index (κ1) is 21.4. The van der Waals surface area contributed by atoms with Crippen LogP contribution >= 0.6 is 0 Å². The Morgan fingerprint density at radius 3 is 2.53 bits per heavy atom. The monoisotopic (exact) mass is 412 g/mol. The number of nitrogens with zero attached hydrogens (tertiary/aromatic N) is 2. The van der Waals surface area contributed by atoms with Crippen LogP contribution in [0, 0.1) is 34.7 Å². The first-order valence-corrected chi connectivity index (χ1v) is 11.4. The van der Waals surface area contributed by atoms with Gasteiger partial charge in [-0.05, 0) is 62.8 Å². The largest absolute Gasteiger partial charge is 0.307 e. The number of likely N-dealkylation sites (tertiary alicyclic amines) is 1. The molecule has 0 amide bonds. The number of ketones is 2. The van der Waals surface area contributed by atoms with E-state index < -0.39 is 22.9 Å². The van der Waals surface area contributed by atoms with Crippen molar-refractivity contribution in [3.05, 3.63) is 34.8 Å². The van der Waals surface area contributed by atoms with Crippen molar-refractivity contribution >= 4 is 11.6 Å².